The van der Waals surface area contributed by atoms with Gasteiger partial charge in [0.1, 0.15) is 10.4 Å². The number of hydrogen-bond acceptors (Lipinski definition) is 3. The first kappa shape index (κ1) is 10.8. The lowest BCUT2D eigenvalue weighted by Crippen LogP contribution is -2.24. The molecule has 1 aliphatic heterocycles. The molecular formula is C12H12BrN3O. The van der Waals surface area contributed by atoms with Gasteiger partial charge in [0, 0.05) is 25.1 Å². The highest BCUT2D eigenvalue weighted by Crippen LogP contribution is 2.26. The molecule has 1 aromatic heterocycles. The molecule has 0 saturated heterocycles. The van der Waals surface area contributed by atoms with Crippen LogP contribution in [0.5, 0.6) is 5.75 Å². The zero-order chi connectivity index (χ0) is 11.8. The van der Waals surface area contributed by atoms with E-state index >= 15 is 0 Å². The van der Waals surface area contributed by atoms with Crippen molar-refractivity contribution in [2.45, 2.75) is 13.0 Å². The van der Waals surface area contributed by atoms with Crippen molar-refractivity contribution >= 4 is 15.9 Å². The first-order chi connectivity index (χ1) is 8.25. The van der Waals surface area contributed by atoms with E-state index in [1.807, 2.05) is 16.8 Å². The Kier molecular flexibility index (Phi) is 2.64. The molecule has 88 valence electrons. The summed E-state index contributed by atoms with van der Waals surface area (Å²) in [5.41, 5.74) is 3.44. The fourth-order valence-corrected chi connectivity index (χ4v) is 2.64. The van der Waals surface area contributed by atoms with Crippen molar-refractivity contribution < 1.29 is 5.11 Å². The number of halogens is 1. The van der Waals surface area contributed by atoms with Crippen LogP contribution in [0, 0.1) is 0 Å². The summed E-state index contributed by atoms with van der Waals surface area (Å²) >= 11 is 3.49. The SMILES string of the molecule is Oc1ccc(-n2nc(Br)c3c2CCNC3)cc1. The number of rotatable bonds is 1. The fourth-order valence-electron chi connectivity index (χ4n) is 2.11. The molecule has 0 saturated carbocycles. The van der Waals surface area contributed by atoms with E-state index in [2.05, 4.69) is 26.3 Å². The molecule has 2 heterocycles. The normalized spacial score (nSPS) is 14.6. The number of phenols is 1. The van der Waals surface area contributed by atoms with Crippen molar-refractivity contribution in [1.29, 1.82) is 0 Å². The highest BCUT2D eigenvalue weighted by atomic mass is 79.9. The van der Waals surface area contributed by atoms with Crippen LogP contribution in [-0.2, 0) is 13.0 Å². The summed E-state index contributed by atoms with van der Waals surface area (Å²) in [6.07, 6.45) is 0.967. The second-order valence-corrected chi connectivity index (χ2v) is 4.82. The average Bonchev–Trinajstić information content (AvgIpc) is 2.69. The van der Waals surface area contributed by atoms with Crippen LogP contribution in [0.15, 0.2) is 28.9 Å². The zero-order valence-electron chi connectivity index (χ0n) is 9.15. The number of aromatic nitrogens is 2. The number of fused-ring (bicyclic) bond motifs is 1. The van der Waals surface area contributed by atoms with Crippen LogP contribution in [0.1, 0.15) is 11.3 Å². The molecular weight excluding hydrogens is 282 g/mol. The van der Waals surface area contributed by atoms with E-state index < -0.39 is 0 Å². The fraction of sp³-hybridized carbons (Fsp3) is 0.250. The van der Waals surface area contributed by atoms with Gasteiger partial charge in [-0.1, -0.05) is 0 Å². The number of phenolic OH excluding ortho intramolecular Hbond substituents is 1. The van der Waals surface area contributed by atoms with Crippen LogP contribution in [0.2, 0.25) is 0 Å². The first-order valence-electron chi connectivity index (χ1n) is 5.52. The summed E-state index contributed by atoms with van der Waals surface area (Å²) in [5, 5.41) is 17.1. The number of nitrogens with zero attached hydrogens (tertiary/aromatic N) is 2. The summed E-state index contributed by atoms with van der Waals surface area (Å²) in [4.78, 5) is 0. The predicted octanol–water partition coefficient (Wildman–Crippen LogP) is 1.99. The molecule has 0 aliphatic carbocycles. The molecule has 4 nitrogen and oxygen atoms in total. The van der Waals surface area contributed by atoms with Crippen LogP contribution in [0.25, 0.3) is 5.69 Å². The summed E-state index contributed by atoms with van der Waals surface area (Å²) in [6, 6.07) is 7.10. The van der Waals surface area contributed by atoms with Gasteiger partial charge in [-0.15, -0.1) is 0 Å². The van der Waals surface area contributed by atoms with Crippen LogP contribution < -0.4 is 5.32 Å². The maximum absolute atomic E-state index is 9.30. The van der Waals surface area contributed by atoms with Gasteiger partial charge in [-0.3, -0.25) is 0 Å². The third-order valence-electron chi connectivity index (χ3n) is 2.98. The Morgan fingerprint density at radius 2 is 2.06 bits per heavy atom. The Morgan fingerprint density at radius 3 is 2.82 bits per heavy atom. The summed E-state index contributed by atoms with van der Waals surface area (Å²) in [5.74, 6) is 0.274. The second-order valence-electron chi connectivity index (χ2n) is 4.07. The highest BCUT2D eigenvalue weighted by molar-refractivity contribution is 9.10. The summed E-state index contributed by atoms with van der Waals surface area (Å²) < 4.78 is 2.84. The number of nitrogens with one attached hydrogen (secondary N) is 1. The zero-order valence-corrected chi connectivity index (χ0v) is 10.7. The van der Waals surface area contributed by atoms with Crippen molar-refractivity contribution in [2.75, 3.05) is 6.54 Å². The van der Waals surface area contributed by atoms with Crippen LogP contribution in [-0.4, -0.2) is 21.4 Å². The van der Waals surface area contributed by atoms with E-state index in [0.717, 1.165) is 29.8 Å². The van der Waals surface area contributed by atoms with Crippen molar-refractivity contribution in [3.8, 4) is 11.4 Å². The van der Waals surface area contributed by atoms with Gasteiger partial charge in [-0.25, -0.2) is 4.68 Å². The topological polar surface area (TPSA) is 50.1 Å². The molecule has 0 unspecified atom stereocenters. The largest absolute Gasteiger partial charge is 0.508 e. The summed E-state index contributed by atoms with van der Waals surface area (Å²) in [7, 11) is 0. The molecule has 0 amide bonds. The van der Waals surface area contributed by atoms with Gasteiger partial charge < -0.3 is 10.4 Å². The van der Waals surface area contributed by atoms with E-state index in [-0.39, 0.29) is 5.75 Å². The molecule has 0 atom stereocenters. The van der Waals surface area contributed by atoms with Crippen molar-refractivity contribution in [2.24, 2.45) is 0 Å². The van der Waals surface area contributed by atoms with Crippen LogP contribution in [0.3, 0.4) is 0 Å². The maximum atomic E-state index is 9.30. The minimum absolute atomic E-state index is 0.274. The van der Waals surface area contributed by atoms with Gasteiger partial charge in [0.15, 0.2) is 0 Å². The standard InChI is InChI=1S/C12H12BrN3O/c13-12-10-7-14-6-5-11(10)16(15-12)8-1-3-9(17)4-2-8/h1-4,14,17H,5-7H2. The highest BCUT2D eigenvalue weighted by Gasteiger charge is 2.19. The molecule has 5 heteroatoms. The third kappa shape index (κ3) is 1.85. The third-order valence-corrected chi connectivity index (χ3v) is 3.61. The molecule has 2 N–H and O–H groups in total. The Labute approximate surface area is 107 Å². The maximum Gasteiger partial charge on any atom is 0.133 e. The van der Waals surface area contributed by atoms with Gasteiger partial charge in [-0.05, 0) is 40.2 Å². The molecule has 17 heavy (non-hydrogen) atoms. The Bertz CT molecular complexity index is 548. The minimum atomic E-state index is 0.274. The molecule has 3 rings (SSSR count). The van der Waals surface area contributed by atoms with E-state index in [9.17, 15) is 5.11 Å². The predicted molar refractivity (Wildman–Crippen MR) is 68.3 cm³/mol. The van der Waals surface area contributed by atoms with Crippen molar-refractivity contribution in [3.63, 3.8) is 0 Å². The molecule has 0 spiro atoms. The molecule has 1 aromatic carbocycles. The Morgan fingerprint density at radius 1 is 1.29 bits per heavy atom. The lowest BCUT2D eigenvalue weighted by molar-refractivity contribution is 0.475. The van der Waals surface area contributed by atoms with E-state index in [1.54, 1.807) is 12.1 Å². The Hall–Kier alpha value is -1.33. The van der Waals surface area contributed by atoms with Crippen LogP contribution in [0.4, 0.5) is 0 Å². The summed E-state index contributed by atoms with van der Waals surface area (Å²) in [6.45, 7) is 1.83. The average molecular weight is 294 g/mol. The molecule has 0 radical (unpaired) electrons. The first-order valence-corrected chi connectivity index (χ1v) is 6.31. The quantitative estimate of drug-likeness (QED) is 0.845. The number of hydrogen-bond donors (Lipinski definition) is 2. The van der Waals surface area contributed by atoms with E-state index in [1.165, 1.54) is 11.3 Å². The Balaban J connectivity index is 2.11. The van der Waals surface area contributed by atoms with Crippen molar-refractivity contribution in [3.05, 3.63) is 40.1 Å². The minimum Gasteiger partial charge on any atom is -0.508 e. The van der Waals surface area contributed by atoms with E-state index in [0.29, 0.717) is 0 Å². The van der Waals surface area contributed by atoms with Gasteiger partial charge >= 0.3 is 0 Å². The number of benzene rings is 1. The smallest absolute Gasteiger partial charge is 0.133 e. The molecule has 0 bridgehead atoms. The lowest BCUT2D eigenvalue weighted by atomic mass is 10.1. The van der Waals surface area contributed by atoms with Gasteiger partial charge in [0.2, 0.25) is 0 Å². The monoisotopic (exact) mass is 293 g/mol. The van der Waals surface area contributed by atoms with Gasteiger partial charge in [0.25, 0.3) is 0 Å². The van der Waals surface area contributed by atoms with Crippen LogP contribution >= 0.6 is 15.9 Å². The molecule has 1 aliphatic rings. The van der Waals surface area contributed by atoms with Gasteiger partial charge in [-0.2, -0.15) is 5.10 Å². The second kappa shape index (κ2) is 4.16. The van der Waals surface area contributed by atoms with Crippen molar-refractivity contribution in [1.82, 2.24) is 15.1 Å². The van der Waals surface area contributed by atoms with E-state index in [4.69, 9.17) is 0 Å². The number of aromatic hydroxyl groups is 1. The van der Waals surface area contributed by atoms with Gasteiger partial charge in [0.05, 0.1) is 11.4 Å². The lowest BCUT2D eigenvalue weighted by Gasteiger charge is -2.15. The molecule has 0 fully saturated rings. The molecule has 2 aromatic rings.